The van der Waals surface area contributed by atoms with E-state index in [1.165, 1.54) is 11.1 Å². The zero-order valence-corrected chi connectivity index (χ0v) is 12.4. The normalized spacial score (nSPS) is 10.7. The van der Waals surface area contributed by atoms with Crippen molar-refractivity contribution in [3.63, 3.8) is 0 Å². The molecule has 0 unspecified atom stereocenters. The molecule has 0 fully saturated rings. The van der Waals surface area contributed by atoms with Crippen LogP contribution in [0.15, 0.2) is 24.5 Å². The Hall–Kier alpha value is -1.49. The molecule has 5 heteroatoms. The van der Waals surface area contributed by atoms with Crippen molar-refractivity contribution in [3.8, 4) is 5.75 Å². The van der Waals surface area contributed by atoms with Gasteiger partial charge in [-0.25, -0.2) is 0 Å². The molecule has 1 aromatic carbocycles. The van der Waals surface area contributed by atoms with Crippen LogP contribution in [0.2, 0.25) is 0 Å². The van der Waals surface area contributed by atoms with Crippen LogP contribution in [0.4, 0.5) is 0 Å². The predicted molar refractivity (Wildman–Crippen MR) is 78.6 cm³/mol. The number of thioether (sulfide) groups is 1. The lowest BCUT2D eigenvalue weighted by molar-refractivity contribution is 0.343. The number of benzene rings is 1. The van der Waals surface area contributed by atoms with Crippen LogP contribution in [0.5, 0.6) is 5.75 Å². The van der Waals surface area contributed by atoms with Crippen molar-refractivity contribution in [1.29, 1.82) is 0 Å². The first kappa shape index (κ1) is 13.9. The molecule has 0 radical (unpaired) electrons. The van der Waals surface area contributed by atoms with E-state index in [4.69, 9.17) is 4.74 Å². The van der Waals surface area contributed by atoms with Crippen LogP contribution in [0.3, 0.4) is 0 Å². The van der Waals surface area contributed by atoms with Gasteiger partial charge in [-0.3, -0.25) is 0 Å². The summed E-state index contributed by atoms with van der Waals surface area (Å²) in [5, 5.41) is 7.90. The lowest BCUT2D eigenvalue weighted by Crippen LogP contribution is -2.02. The van der Waals surface area contributed by atoms with Crippen molar-refractivity contribution >= 4 is 11.8 Å². The van der Waals surface area contributed by atoms with Crippen molar-refractivity contribution in [2.24, 2.45) is 7.05 Å². The van der Waals surface area contributed by atoms with E-state index in [1.807, 2.05) is 11.6 Å². The van der Waals surface area contributed by atoms with Gasteiger partial charge >= 0.3 is 0 Å². The summed E-state index contributed by atoms with van der Waals surface area (Å²) >= 11 is 1.80. The summed E-state index contributed by atoms with van der Waals surface area (Å²) < 4.78 is 7.70. The highest BCUT2D eigenvalue weighted by Crippen LogP contribution is 2.17. The molecule has 0 aliphatic rings. The highest BCUT2D eigenvalue weighted by atomic mass is 32.2. The van der Waals surface area contributed by atoms with Crippen molar-refractivity contribution in [2.45, 2.75) is 19.6 Å². The third-order valence-corrected chi connectivity index (χ3v) is 3.65. The average molecular weight is 277 g/mol. The summed E-state index contributed by atoms with van der Waals surface area (Å²) in [5.74, 6) is 3.76. The molecule has 2 rings (SSSR count). The highest BCUT2D eigenvalue weighted by Gasteiger charge is 2.01. The van der Waals surface area contributed by atoms with Gasteiger partial charge in [-0.05, 0) is 37.1 Å². The van der Waals surface area contributed by atoms with Gasteiger partial charge in [0.1, 0.15) is 17.9 Å². The van der Waals surface area contributed by atoms with E-state index < -0.39 is 0 Å². The van der Waals surface area contributed by atoms with Crippen molar-refractivity contribution in [1.82, 2.24) is 14.8 Å². The van der Waals surface area contributed by atoms with Gasteiger partial charge in [-0.1, -0.05) is 6.07 Å². The van der Waals surface area contributed by atoms with E-state index >= 15 is 0 Å². The maximum absolute atomic E-state index is 5.75. The number of ether oxygens (including phenoxy) is 1. The van der Waals surface area contributed by atoms with E-state index in [-0.39, 0.29) is 0 Å². The first-order valence-electron chi connectivity index (χ1n) is 6.27. The standard InChI is InChI=1S/C14H19N3OS/c1-11-6-12(2)8-13(7-11)18-4-5-19-9-14-16-15-10-17(14)3/h6-8,10H,4-5,9H2,1-3H3. The average Bonchev–Trinajstić information content (AvgIpc) is 2.73. The smallest absolute Gasteiger partial charge is 0.142 e. The molecule has 2 aromatic rings. The predicted octanol–water partition coefficient (Wildman–Crippen LogP) is 2.74. The molecule has 0 saturated carbocycles. The fraction of sp³-hybridized carbons (Fsp3) is 0.429. The van der Waals surface area contributed by atoms with E-state index in [9.17, 15) is 0 Å². The first-order chi connectivity index (χ1) is 9.15. The number of rotatable bonds is 6. The molecule has 0 aliphatic heterocycles. The van der Waals surface area contributed by atoms with Crippen molar-refractivity contribution in [3.05, 3.63) is 41.5 Å². The minimum atomic E-state index is 0.714. The lowest BCUT2D eigenvalue weighted by atomic mass is 10.1. The van der Waals surface area contributed by atoms with Crippen molar-refractivity contribution < 1.29 is 4.74 Å². The summed E-state index contributed by atoms with van der Waals surface area (Å²) in [6.45, 7) is 4.89. The molecular formula is C14H19N3OS. The Morgan fingerprint density at radius 2 is 1.95 bits per heavy atom. The monoisotopic (exact) mass is 277 g/mol. The van der Waals surface area contributed by atoms with Crippen LogP contribution in [-0.4, -0.2) is 27.1 Å². The van der Waals surface area contributed by atoms with Gasteiger partial charge < -0.3 is 9.30 Å². The SMILES string of the molecule is Cc1cc(C)cc(OCCSCc2nncn2C)c1. The van der Waals surface area contributed by atoms with Crippen LogP contribution in [0, 0.1) is 13.8 Å². The third-order valence-electron chi connectivity index (χ3n) is 2.73. The molecule has 0 amide bonds. The zero-order chi connectivity index (χ0) is 13.7. The Morgan fingerprint density at radius 3 is 2.58 bits per heavy atom. The lowest BCUT2D eigenvalue weighted by Gasteiger charge is -2.08. The molecule has 102 valence electrons. The van der Waals surface area contributed by atoms with Crippen LogP contribution in [-0.2, 0) is 12.8 Å². The summed E-state index contributed by atoms with van der Waals surface area (Å²) in [5.41, 5.74) is 2.48. The minimum absolute atomic E-state index is 0.714. The molecule has 0 bridgehead atoms. The Labute approximate surface area is 118 Å². The number of aryl methyl sites for hydroxylation is 3. The Morgan fingerprint density at radius 1 is 1.21 bits per heavy atom. The van der Waals surface area contributed by atoms with Gasteiger partial charge in [-0.2, -0.15) is 11.8 Å². The largest absolute Gasteiger partial charge is 0.493 e. The van der Waals surface area contributed by atoms with Gasteiger partial charge in [0.05, 0.1) is 12.4 Å². The van der Waals surface area contributed by atoms with E-state index in [2.05, 4.69) is 42.2 Å². The van der Waals surface area contributed by atoms with Gasteiger partial charge in [0.15, 0.2) is 0 Å². The molecule has 4 nitrogen and oxygen atoms in total. The molecule has 0 N–H and O–H groups in total. The molecule has 19 heavy (non-hydrogen) atoms. The molecular weight excluding hydrogens is 258 g/mol. The van der Waals surface area contributed by atoms with E-state index in [0.29, 0.717) is 6.61 Å². The number of nitrogens with zero attached hydrogens (tertiary/aromatic N) is 3. The summed E-state index contributed by atoms with van der Waals surface area (Å²) in [7, 11) is 1.96. The summed E-state index contributed by atoms with van der Waals surface area (Å²) in [6, 6.07) is 6.29. The van der Waals surface area contributed by atoms with Gasteiger partial charge in [0.25, 0.3) is 0 Å². The number of hydrogen-bond donors (Lipinski definition) is 0. The number of aromatic nitrogens is 3. The van der Waals surface area contributed by atoms with Crippen LogP contribution >= 0.6 is 11.8 Å². The Balaban J connectivity index is 1.71. The topological polar surface area (TPSA) is 39.9 Å². The fourth-order valence-electron chi connectivity index (χ4n) is 1.84. The molecule has 1 heterocycles. The summed E-state index contributed by atoms with van der Waals surface area (Å²) in [4.78, 5) is 0. The van der Waals surface area contributed by atoms with Gasteiger partial charge in [-0.15, -0.1) is 10.2 Å². The maximum atomic E-state index is 5.75. The fourth-order valence-corrected chi connectivity index (χ4v) is 2.63. The molecule has 0 atom stereocenters. The second kappa shape index (κ2) is 6.61. The van der Waals surface area contributed by atoms with E-state index in [1.54, 1.807) is 18.1 Å². The molecule has 1 aromatic heterocycles. The molecule has 0 saturated heterocycles. The third kappa shape index (κ3) is 4.28. The number of hydrogen-bond acceptors (Lipinski definition) is 4. The molecule has 0 aliphatic carbocycles. The first-order valence-corrected chi connectivity index (χ1v) is 7.42. The highest BCUT2D eigenvalue weighted by molar-refractivity contribution is 7.98. The van der Waals surface area contributed by atoms with Crippen LogP contribution in [0.25, 0.3) is 0 Å². The Kier molecular flexibility index (Phi) is 4.85. The second-order valence-corrected chi connectivity index (χ2v) is 5.69. The quantitative estimate of drug-likeness (QED) is 0.761. The zero-order valence-electron chi connectivity index (χ0n) is 11.6. The summed E-state index contributed by atoms with van der Waals surface area (Å²) in [6.07, 6.45) is 1.72. The van der Waals surface area contributed by atoms with Gasteiger partial charge in [0, 0.05) is 12.8 Å². The van der Waals surface area contributed by atoms with Crippen LogP contribution in [0.1, 0.15) is 17.0 Å². The second-order valence-electron chi connectivity index (χ2n) is 4.58. The Bertz CT molecular complexity index is 519. The minimum Gasteiger partial charge on any atom is -0.493 e. The van der Waals surface area contributed by atoms with Crippen LogP contribution < -0.4 is 4.74 Å². The van der Waals surface area contributed by atoms with Crippen molar-refractivity contribution in [2.75, 3.05) is 12.4 Å². The maximum Gasteiger partial charge on any atom is 0.142 e. The molecule has 0 spiro atoms. The van der Waals surface area contributed by atoms with E-state index in [0.717, 1.165) is 23.1 Å². The van der Waals surface area contributed by atoms with Gasteiger partial charge in [0.2, 0.25) is 0 Å².